The van der Waals surface area contributed by atoms with Crippen LogP contribution >= 0.6 is 0 Å². The number of hydrogen-bond acceptors (Lipinski definition) is 2. The molecule has 0 aliphatic rings. The summed E-state index contributed by atoms with van der Waals surface area (Å²) in [5.41, 5.74) is 1.42. The van der Waals surface area contributed by atoms with Gasteiger partial charge in [0.25, 0.3) is 0 Å². The minimum atomic E-state index is -0.366. The van der Waals surface area contributed by atoms with E-state index in [1.54, 1.807) is 4.90 Å². The van der Waals surface area contributed by atoms with Crippen LogP contribution in [0.4, 0.5) is 5.69 Å². The second kappa shape index (κ2) is 5.87. The Kier molecular flexibility index (Phi) is 4.70. The highest BCUT2D eigenvalue weighted by molar-refractivity contribution is 5.95. The van der Waals surface area contributed by atoms with Crippen LogP contribution in [0.15, 0.2) is 24.3 Å². The van der Waals surface area contributed by atoms with E-state index in [0.29, 0.717) is 0 Å². The van der Waals surface area contributed by atoms with Crippen molar-refractivity contribution >= 4 is 17.5 Å². The van der Waals surface area contributed by atoms with Crippen LogP contribution in [0.2, 0.25) is 0 Å². The smallest absolute Gasteiger partial charge is 0.244 e. The molecule has 0 bridgehead atoms. The number of carbonyl (C=O) groups excluding carboxylic acids is 2. The number of amides is 2. The highest BCUT2D eigenvalue weighted by Gasteiger charge is 2.25. The largest absolute Gasteiger partial charge is 0.329 e. The Morgan fingerprint density at radius 1 is 1.21 bits per heavy atom. The van der Waals surface area contributed by atoms with Crippen molar-refractivity contribution in [1.82, 2.24) is 4.90 Å². The van der Waals surface area contributed by atoms with Crippen LogP contribution in [0.25, 0.3) is 0 Å². The average molecular weight is 262 g/mol. The third-order valence-corrected chi connectivity index (χ3v) is 2.91. The topological polar surface area (TPSA) is 49.4 Å². The number of nitrogens with one attached hydrogen (secondary N) is 1. The maximum Gasteiger partial charge on any atom is 0.244 e. The van der Waals surface area contributed by atoms with Crippen molar-refractivity contribution in [2.75, 3.05) is 11.9 Å². The van der Waals surface area contributed by atoms with Gasteiger partial charge in [0.2, 0.25) is 11.8 Å². The second-order valence-corrected chi connectivity index (χ2v) is 5.64. The zero-order chi connectivity index (χ0) is 14.6. The number of anilines is 1. The van der Waals surface area contributed by atoms with Crippen molar-refractivity contribution in [3.05, 3.63) is 29.8 Å². The number of rotatable bonds is 3. The molecule has 104 valence electrons. The number of aryl methyl sites for hydroxylation is 1. The predicted molar refractivity (Wildman–Crippen MR) is 76.9 cm³/mol. The molecule has 1 N–H and O–H groups in total. The first kappa shape index (κ1) is 15.2. The molecule has 0 aliphatic heterocycles. The molecule has 0 fully saturated rings. The lowest BCUT2D eigenvalue weighted by Crippen LogP contribution is -2.48. The zero-order valence-electron chi connectivity index (χ0n) is 12.3. The van der Waals surface area contributed by atoms with Gasteiger partial charge in [0, 0.05) is 18.2 Å². The van der Waals surface area contributed by atoms with E-state index in [9.17, 15) is 9.59 Å². The molecule has 0 saturated carbocycles. The van der Waals surface area contributed by atoms with Crippen LogP contribution in [0.3, 0.4) is 0 Å². The van der Waals surface area contributed by atoms with Gasteiger partial charge in [-0.15, -0.1) is 0 Å². The average Bonchev–Trinajstić information content (AvgIpc) is 2.27. The van der Waals surface area contributed by atoms with Crippen LogP contribution in [0.5, 0.6) is 0 Å². The lowest BCUT2D eigenvalue weighted by molar-refractivity contribution is -0.137. The Bertz CT molecular complexity index is 475. The Hall–Kier alpha value is -1.84. The molecule has 4 nitrogen and oxygen atoms in total. The zero-order valence-corrected chi connectivity index (χ0v) is 12.3. The third-order valence-electron chi connectivity index (χ3n) is 2.91. The third kappa shape index (κ3) is 4.39. The summed E-state index contributed by atoms with van der Waals surface area (Å²) in [5.74, 6) is -0.285. The van der Waals surface area contributed by atoms with Crippen LogP contribution in [0.1, 0.15) is 33.3 Å². The molecule has 4 heteroatoms. The Morgan fingerprint density at radius 3 is 2.26 bits per heavy atom. The lowest BCUT2D eigenvalue weighted by atomic mass is 10.1. The van der Waals surface area contributed by atoms with Gasteiger partial charge in [-0.05, 0) is 39.3 Å². The molecule has 19 heavy (non-hydrogen) atoms. The van der Waals surface area contributed by atoms with Crippen LogP contribution in [0, 0.1) is 6.92 Å². The van der Waals surface area contributed by atoms with E-state index >= 15 is 0 Å². The molecular weight excluding hydrogens is 240 g/mol. The van der Waals surface area contributed by atoms with Gasteiger partial charge in [-0.2, -0.15) is 0 Å². The van der Waals surface area contributed by atoms with Gasteiger partial charge in [-0.25, -0.2) is 0 Å². The Balaban J connectivity index is 2.75. The van der Waals surface area contributed by atoms with E-state index in [-0.39, 0.29) is 23.9 Å². The van der Waals surface area contributed by atoms with E-state index in [4.69, 9.17) is 0 Å². The van der Waals surface area contributed by atoms with Gasteiger partial charge in [0.05, 0.1) is 0 Å². The minimum Gasteiger partial charge on any atom is -0.329 e. The normalized spacial score (nSPS) is 11.0. The molecule has 1 rings (SSSR count). The molecule has 0 aliphatic carbocycles. The molecule has 0 atom stereocenters. The summed E-state index contributed by atoms with van der Waals surface area (Å²) < 4.78 is 0. The number of hydrogen-bond donors (Lipinski definition) is 1. The molecule has 0 spiro atoms. The van der Waals surface area contributed by atoms with Crippen molar-refractivity contribution < 1.29 is 9.59 Å². The standard InChI is InChI=1S/C15H22N2O2/c1-11-8-6-7-9-13(11)16-14(19)10-17(12(2)18)15(3,4)5/h6-9H,10H2,1-5H3,(H,16,19). The number of carbonyl (C=O) groups is 2. The number of nitrogens with zero attached hydrogens (tertiary/aromatic N) is 1. The van der Waals surface area contributed by atoms with Crippen molar-refractivity contribution in [3.8, 4) is 0 Å². The minimum absolute atomic E-state index is 0.0627. The summed E-state index contributed by atoms with van der Waals surface area (Å²) >= 11 is 0. The Labute approximate surface area is 114 Å². The first-order valence-electron chi connectivity index (χ1n) is 6.35. The van der Waals surface area contributed by atoms with Crippen LogP contribution in [-0.2, 0) is 9.59 Å². The molecule has 1 aromatic rings. The first-order chi connectivity index (χ1) is 8.71. The second-order valence-electron chi connectivity index (χ2n) is 5.64. The summed E-state index contributed by atoms with van der Waals surface area (Å²) in [5, 5.41) is 2.83. The van der Waals surface area contributed by atoms with E-state index in [2.05, 4.69) is 5.32 Å². The lowest BCUT2D eigenvalue weighted by Gasteiger charge is -2.34. The highest BCUT2D eigenvalue weighted by atomic mass is 16.2. The van der Waals surface area contributed by atoms with E-state index in [1.165, 1.54) is 6.92 Å². The molecule has 0 aromatic heterocycles. The quantitative estimate of drug-likeness (QED) is 0.910. The highest BCUT2D eigenvalue weighted by Crippen LogP contribution is 2.15. The maximum atomic E-state index is 12.0. The SMILES string of the molecule is CC(=O)N(CC(=O)Nc1ccccc1C)C(C)(C)C. The van der Waals surface area contributed by atoms with Gasteiger partial charge >= 0.3 is 0 Å². The van der Waals surface area contributed by atoms with Gasteiger partial charge in [-0.3, -0.25) is 9.59 Å². The molecule has 2 amide bonds. The summed E-state index contributed by atoms with van der Waals surface area (Å²) in [6.45, 7) is 9.21. The van der Waals surface area contributed by atoms with E-state index in [1.807, 2.05) is 52.0 Å². The van der Waals surface area contributed by atoms with Crippen LogP contribution in [-0.4, -0.2) is 28.8 Å². The van der Waals surface area contributed by atoms with Gasteiger partial charge in [0.15, 0.2) is 0 Å². The summed E-state index contributed by atoms with van der Waals surface area (Å²) in [4.78, 5) is 25.2. The Morgan fingerprint density at radius 2 is 1.79 bits per heavy atom. The predicted octanol–water partition coefficient (Wildman–Crippen LogP) is 2.58. The summed E-state index contributed by atoms with van der Waals surface area (Å²) in [6, 6.07) is 7.57. The molecular formula is C15H22N2O2. The molecule has 1 aromatic carbocycles. The fraction of sp³-hybridized carbons (Fsp3) is 0.467. The maximum absolute atomic E-state index is 12.0. The fourth-order valence-electron chi connectivity index (χ4n) is 1.87. The van der Waals surface area contributed by atoms with Gasteiger partial charge in [-0.1, -0.05) is 18.2 Å². The fourth-order valence-corrected chi connectivity index (χ4v) is 1.87. The monoisotopic (exact) mass is 262 g/mol. The van der Waals surface area contributed by atoms with E-state index in [0.717, 1.165) is 11.3 Å². The number of para-hydroxylation sites is 1. The van der Waals surface area contributed by atoms with E-state index < -0.39 is 0 Å². The summed E-state index contributed by atoms with van der Waals surface area (Å²) in [6.07, 6.45) is 0. The van der Waals surface area contributed by atoms with Crippen molar-refractivity contribution in [1.29, 1.82) is 0 Å². The van der Waals surface area contributed by atoms with Gasteiger partial charge in [0.1, 0.15) is 6.54 Å². The number of benzene rings is 1. The molecule has 0 radical (unpaired) electrons. The van der Waals surface area contributed by atoms with Gasteiger partial charge < -0.3 is 10.2 Å². The van der Waals surface area contributed by atoms with Crippen molar-refractivity contribution in [2.24, 2.45) is 0 Å². The first-order valence-corrected chi connectivity index (χ1v) is 6.35. The molecule has 0 heterocycles. The van der Waals surface area contributed by atoms with Crippen LogP contribution < -0.4 is 5.32 Å². The van der Waals surface area contributed by atoms with Crippen molar-refractivity contribution in [2.45, 2.75) is 40.2 Å². The summed E-state index contributed by atoms with van der Waals surface area (Å²) in [7, 11) is 0. The van der Waals surface area contributed by atoms with Crippen molar-refractivity contribution in [3.63, 3.8) is 0 Å². The molecule has 0 saturated heterocycles. The molecule has 0 unspecified atom stereocenters.